The van der Waals surface area contributed by atoms with E-state index in [2.05, 4.69) is 10.3 Å². The van der Waals surface area contributed by atoms with E-state index in [4.69, 9.17) is 23.2 Å². The summed E-state index contributed by atoms with van der Waals surface area (Å²) in [5.74, 6) is -0.328. The van der Waals surface area contributed by atoms with E-state index in [1.165, 1.54) is 11.3 Å². The molecule has 100 valence electrons. The first-order chi connectivity index (χ1) is 9.08. The lowest BCUT2D eigenvalue weighted by Gasteiger charge is -2.13. The molecule has 0 radical (unpaired) electrons. The third kappa shape index (κ3) is 3.67. The van der Waals surface area contributed by atoms with Crippen LogP contribution in [0, 0.1) is 0 Å². The van der Waals surface area contributed by atoms with Gasteiger partial charge in [-0.3, -0.25) is 4.79 Å². The number of nitrogens with one attached hydrogen (secondary N) is 1. The maximum absolute atomic E-state index is 11.6. The Morgan fingerprint density at radius 2 is 2.26 bits per heavy atom. The molecule has 4 nitrogen and oxygen atoms in total. The Morgan fingerprint density at radius 3 is 2.89 bits per heavy atom. The highest BCUT2D eigenvalue weighted by Gasteiger charge is 2.14. The van der Waals surface area contributed by atoms with Gasteiger partial charge in [0.25, 0.3) is 5.91 Å². The lowest BCUT2D eigenvalue weighted by molar-refractivity contribution is 0.0912. The second-order valence-corrected chi connectivity index (χ2v) is 5.33. The van der Waals surface area contributed by atoms with Crippen molar-refractivity contribution in [3.05, 3.63) is 50.4 Å². The van der Waals surface area contributed by atoms with Crippen LogP contribution in [0.2, 0.25) is 10.0 Å². The van der Waals surface area contributed by atoms with E-state index in [1.54, 1.807) is 29.1 Å². The highest BCUT2D eigenvalue weighted by Crippen LogP contribution is 2.25. The molecule has 7 heteroatoms. The van der Waals surface area contributed by atoms with Crippen molar-refractivity contribution in [3.8, 4) is 0 Å². The molecule has 1 aromatic heterocycles. The lowest BCUT2D eigenvalue weighted by Crippen LogP contribution is -2.28. The van der Waals surface area contributed by atoms with Gasteiger partial charge in [-0.25, -0.2) is 4.98 Å². The van der Waals surface area contributed by atoms with Gasteiger partial charge in [-0.15, -0.1) is 11.3 Å². The molecule has 0 aliphatic heterocycles. The van der Waals surface area contributed by atoms with Crippen molar-refractivity contribution in [2.45, 2.75) is 6.10 Å². The number of nitrogens with zero attached hydrogens (tertiary/aromatic N) is 1. The molecule has 2 aromatic rings. The van der Waals surface area contributed by atoms with Gasteiger partial charge >= 0.3 is 0 Å². The smallest absolute Gasteiger partial charge is 0.270 e. The van der Waals surface area contributed by atoms with E-state index in [-0.39, 0.29) is 12.5 Å². The molecule has 2 rings (SSSR count). The molecule has 1 aromatic carbocycles. The molecule has 0 aliphatic rings. The molecule has 0 unspecified atom stereocenters. The molecule has 19 heavy (non-hydrogen) atoms. The van der Waals surface area contributed by atoms with Crippen molar-refractivity contribution in [2.75, 3.05) is 6.54 Å². The van der Waals surface area contributed by atoms with Crippen molar-refractivity contribution in [1.82, 2.24) is 10.3 Å². The second kappa shape index (κ2) is 6.34. The topological polar surface area (TPSA) is 62.2 Å². The molecule has 0 aliphatic carbocycles. The summed E-state index contributed by atoms with van der Waals surface area (Å²) in [7, 11) is 0. The number of hydrogen-bond acceptors (Lipinski definition) is 4. The van der Waals surface area contributed by atoms with Gasteiger partial charge in [-0.05, 0) is 12.1 Å². The molecular formula is C12H10Cl2N2O2S. The third-order valence-corrected chi connectivity index (χ3v) is 3.59. The molecule has 0 saturated heterocycles. The number of carbonyl (C=O) groups is 1. The number of thiazole rings is 1. The maximum atomic E-state index is 11.6. The SMILES string of the molecule is O=C(NC[C@@H](O)c1ccc(Cl)cc1Cl)c1cscn1. The Kier molecular flexibility index (Phi) is 4.76. The van der Waals surface area contributed by atoms with Crippen LogP contribution in [0.15, 0.2) is 29.1 Å². The number of hydrogen-bond donors (Lipinski definition) is 2. The van der Waals surface area contributed by atoms with E-state index in [9.17, 15) is 9.90 Å². The van der Waals surface area contributed by atoms with Crippen LogP contribution in [0.5, 0.6) is 0 Å². The zero-order valence-corrected chi connectivity index (χ0v) is 12.0. The maximum Gasteiger partial charge on any atom is 0.270 e. The summed E-state index contributed by atoms with van der Waals surface area (Å²) >= 11 is 13.1. The summed E-state index contributed by atoms with van der Waals surface area (Å²) in [5, 5.41) is 15.1. The first kappa shape index (κ1) is 14.3. The van der Waals surface area contributed by atoms with E-state index >= 15 is 0 Å². The number of aliphatic hydroxyl groups excluding tert-OH is 1. The molecule has 1 amide bonds. The summed E-state index contributed by atoms with van der Waals surface area (Å²) in [6.45, 7) is 0.0533. The fourth-order valence-corrected chi connectivity index (χ4v) is 2.55. The molecule has 1 atom stereocenters. The standard InChI is InChI=1S/C12H10Cl2N2O2S/c13-7-1-2-8(9(14)3-7)11(17)4-15-12(18)10-5-19-6-16-10/h1-3,5-6,11,17H,4H2,(H,15,18)/t11-/m1/s1. The number of aliphatic hydroxyl groups is 1. The van der Waals surface area contributed by atoms with Crippen molar-refractivity contribution >= 4 is 40.4 Å². The number of aromatic nitrogens is 1. The summed E-state index contributed by atoms with van der Waals surface area (Å²) in [6.07, 6.45) is -0.896. The zero-order chi connectivity index (χ0) is 13.8. The third-order valence-electron chi connectivity index (χ3n) is 2.44. The lowest BCUT2D eigenvalue weighted by atomic mass is 10.1. The minimum absolute atomic E-state index is 0.0533. The first-order valence-electron chi connectivity index (χ1n) is 5.37. The predicted octanol–water partition coefficient (Wildman–Crippen LogP) is 2.91. The number of carbonyl (C=O) groups excluding carboxylic acids is 1. The van der Waals surface area contributed by atoms with Crippen molar-refractivity contribution in [3.63, 3.8) is 0 Å². The highest BCUT2D eigenvalue weighted by molar-refractivity contribution is 7.07. The monoisotopic (exact) mass is 316 g/mol. The normalized spacial score (nSPS) is 12.2. The summed E-state index contributed by atoms with van der Waals surface area (Å²) in [6, 6.07) is 4.81. The Balaban J connectivity index is 1.98. The molecular weight excluding hydrogens is 307 g/mol. The average Bonchev–Trinajstić information content (AvgIpc) is 2.89. The van der Waals surface area contributed by atoms with Crippen LogP contribution in [0.4, 0.5) is 0 Å². The number of halogens is 2. The summed E-state index contributed by atoms with van der Waals surface area (Å²) in [5.41, 5.74) is 2.42. The largest absolute Gasteiger partial charge is 0.387 e. The average molecular weight is 317 g/mol. The van der Waals surface area contributed by atoms with Crippen molar-refractivity contribution in [2.24, 2.45) is 0 Å². The van der Waals surface area contributed by atoms with Crippen LogP contribution < -0.4 is 5.32 Å². The molecule has 0 fully saturated rings. The van der Waals surface area contributed by atoms with Gasteiger partial charge in [0.1, 0.15) is 5.69 Å². The Morgan fingerprint density at radius 1 is 1.47 bits per heavy atom. The van der Waals surface area contributed by atoms with E-state index < -0.39 is 6.10 Å². The minimum Gasteiger partial charge on any atom is -0.387 e. The van der Waals surface area contributed by atoms with Gasteiger partial charge in [0.2, 0.25) is 0 Å². The minimum atomic E-state index is -0.896. The molecule has 1 heterocycles. The van der Waals surface area contributed by atoms with Crippen LogP contribution in [0.3, 0.4) is 0 Å². The number of rotatable bonds is 4. The fourth-order valence-electron chi connectivity index (χ4n) is 1.49. The first-order valence-corrected chi connectivity index (χ1v) is 7.07. The van der Waals surface area contributed by atoms with Gasteiger partial charge in [-0.2, -0.15) is 0 Å². The summed E-state index contributed by atoms with van der Waals surface area (Å²) < 4.78 is 0. The highest BCUT2D eigenvalue weighted by atomic mass is 35.5. The molecule has 0 saturated carbocycles. The molecule has 0 bridgehead atoms. The van der Waals surface area contributed by atoms with Crippen molar-refractivity contribution in [1.29, 1.82) is 0 Å². The van der Waals surface area contributed by atoms with Crippen LogP contribution in [-0.4, -0.2) is 22.5 Å². The number of benzene rings is 1. The number of amides is 1. The van der Waals surface area contributed by atoms with Gasteiger partial charge in [0.05, 0.1) is 11.6 Å². The van der Waals surface area contributed by atoms with Gasteiger partial charge in [0.15, 0.2) is 0 Å². The van der Waals surface area contributed by atoms with Crippen molar-refractivity contribution < 1.29 is 9.90 Å². The Bertz CT molecular complexity index is 575. The van der Waals surface area contributed by atoms with E-state index in [1.807, 2.05) is 0 Å². The van der Waals surface area contributed by atoms with Crippen LogP contribution in [-0.2, 0) is 0 Å². The van der Waals surface area contributed by atoms with Crippen LogP contribution in [0.25, 0.3) is 0 Å². The molecule has 2 N–H and O–H groups in total. The second-order valence-electron chi connectivity index (χ2n) is 3.77. The Hall–Kier alpha value is -1.14. The Labute approximate surface area is 124 Å². The summed E-state index contributed by atoms with van der Waals surface area (Å²) in [4.78, 5) is 15.5. The van der Waals surface area contributed by atoms with E-state index in [0.29, 0.717) is 21.3 Å². The molecule has 0 spiro atoms. The van der Waals surface area contributed by atoms with Crippen LogP contribution >= 0.6 is 34.5 Å². The fraction of sp³-hybridized carbons (Fsp3) is 0.167. The zero-order valence-electron chi connectivity index (χ0n) is 9.64. The van der Waals surface area contributed by atoms with E-state index in [0.717, 1.165) is 0 Å². The van der Waals surface area contributed by atoms with Crippen LogP contribution in [0.1, 0.15) is 22.2 Å². The predicted molar refractivity (Wildman–Crippen MR) is 75.9 cm³/mol. The van der Waals surface area contributed by atoms with Gasteiger partial charge in [-0.1, -0.05) is 29.3 Å². The van der Waals surface area contributed by atoms with Gasteiger partial charge < -0.3 is 10.4 Å². The quantitative estimate of drug-likeness (QED) is 0.911. The van der Waals surface area contributed by atoms with Gasteiger partial charge in [0, 0.05) is 27.5 Å².